The Morgan fingerprint density at radius 2 is 1.94 bits per heavy atom. The van der Waals surface area contributed by atoms with Gasteiger partial charge in [0.15, 0.2) is 0 Å². The van der Waals surface area contributed by atoms with Crippen LogP contribution in [0.2, 0.25) is 5.02 Å². The van der Waals surface area contributed by atoms with Crippen molar-refractivity contribution < 1.29 is 13.3 Å². The van der Waals surface area contributed by atoms with Gasteiger partial charge in [0, 0.05) is 16.8 Å². The summed E-state index contributed by atoms with van der Waals surface area (Å²) >= 11 is 5.81. The average Bonchev–Trinajstić information content (AvgIpc) is 2.75. The largest absolute Gasteiger partial charge is 0.295 e. The molecule has 8 nitrogen and oxygen atoms in total. The number of hydrogen-bond donors (Lipinski definition) is 2. The van der Waals surface area contributed by atoms with Gasteiger partial charge in [-0.05, 0) is 72.1 Å². The molecule has 2 aromatic carbocycles. The van der Waals surface area contributed by atoms with Crippen LogP contribution < -0.4 is 10.1 Å². The van der Waals surface area contributed by atoms with Gasteiger partial charge >= 0.3 is 0 Å². The van der Waals surface area contributed by atoms with Crippen molar-refractivity contribution in [2.24, 2.45) is 22.4 Å². The molecule has 1 fully saturated rings. The van der Waals surface area contributed by atoms with Crippen LogP contribution in [0, 0.1) is 27.4 Å². The summed E-state index contributed by atoms with van der Waals surface area (Å²) in [5, 5.41) is 16.2. The van der Waals surface area contributed by atoms with E-state index >= 15 is 0 Å². The quantitative estimate of drug-likeness (QED) is 0.315. The Hall–Kier alpha value is -2.91. The predicted octanol–water partition coefficient (Wildman–Crippen LogP) is 5.44. The van der Waals surface area contributed by atoms with Crippen molar-refractivity contribution in [2.45, 2.75) is 31.6 Å². The summed E-state index contributed by atoms with van der Waals surface area (Å²) in [5.41, 5.74) is 4.09. The zero-order chi connectivity index (χ0) is 23.1. The molecule has 2 bridgehead atoms. The number of rotatable bonds is 7. The van der Waals surface area contributed by atoms with E-state index in [9.17, 15) is 18.5 Å². The lowest BCUT2D eigenvalue weighted by molar-refractivity contribution is -0.384. The number of halogens is 1. The first-order valence-electron chi connectivity index (χ1n) is 10.1. The molecule has 0 aliphatic heterocycles. The second-order valence-corrected chi connectivity index (χ2v) is 10.8. The van der Waals surface area contributed by atoms with Gasteiger partial charge in [0.1, 0.15) is 5.69 Å². The molecule has 10 heteroatoms. The molecule has 0 heterocycles. The second kappa shape index (κ2) is 8.22. The monoisotopic (exact) mass is 474 g/mol. The van der Waals surface area contributed by atoms with E-state index in [0.717, 1.165) is 24.5 Å². The molecule has 0 radical (unpaired) electrons. The van der Waals surface area contributed by atoms with E-state index in [4.69, 9.17) is 11.6 Å². The number of anilines is 2. The number of allylic oxidation sites excluding steroid dienone is 2. The number of hydrazone groups is 1. The molecule has 2 atom stereocenters. The zero-order valence-electron chi connectivity index (χ0n) is 17.6. The summed E-state index contributed by atoms with van der Waals surface area (Å²) in [5.74, 6) is 1.14. The van der Waals surface area contributed by atoms with Crippen LogP contribution in [0.1, 0.15) is 26.7 Å². The van der Waals surface area contributed by atoms with Crippen molar-refractivity contribution in [3.05, 3.63) is 69.3 Å². The zero-order valence-corrected chi connectivity index (χ0v) is 19.2. The number of fused-ring (bicyclic) bond motifs is 1. The first-order valence-corrected chi connectivity index (χ1v) is 12.0. The van der Waals surface area contributed by atoms with E-state index in [1.54, 1.807) is 18.3 Å². The molecule has 0 unspecified atom stereocenters. The van der Waals surface area contributed by atoms with Crippen LogP contribution in [0.5, 0.6) is 0 Å². The summed E-state index contributed by atoms with van der Waals surface area (Å²) in [6.07, 6.45) is 6.02. The van der Waals surface area contributed by atoms with Crippen LogP contribution in [-0.4, -0.2) is 19.6 Å². The molecule has 0 saturated heterocycles. The minimum Gasteiger partial charge on any atom is -0.280 e. The summed E-state index contributed by atoms with van der Waals surface area (Å²) in [7, 11) is -4.02. The molecular formula is C22H23ClN4O4S. The van der Waals surface area contributed by atoms with Crippen molar-refractivity contribution in [1.29, 1.82) is 0 Å². The van der Waals surface area contributed by atoms with Crippen molar-refractivity contribution in [3.8, 4) is 0 Å². The maximum atomic E-state index is 12.7. The van der Waals surface area contributed by atoms with Gasteiger partial charge in [-0.2, -0.15) is 5.10 Å². The number of nitro benzene ring substituents is 1. The fraction of sp³-hybridized carbons (Fsp3) is 0.318. The molecule has 0 aromatic heterocycles. The molecule has 0 amide bonds. The average molecular weight is 475 g/mol. The fourth-order valence-electron chi connectivity index (χ4n) is 4.38. The molecule has 0 spiro atoms. The van der Waals surface area contributed by atoms with Crippen LogP contribution in [0.4, 0.5) is 17.1 Å². The molecule has 2 N–H and O–H groups in total. The van der Waals surface area contributed by atoms with E-state index < -0.39 is 14.9 Å². The highest BCUT2D eigenvalue weighted by Crippen LogP contribution is 2.58. The predicted molar refractivity (Wildman–Crippen MR) is 126 cm³/mol. The van der Waals surface area contributed by atoms with Crippen molar-refractivity contribution in [1.82, 2.24) is 0 Å². The van der Waals surface area contributed by atoms with E-state index in [1.165, 1.54) is 24.3 Å². The molecule has 2 aromatic rings. The van der Waals surface area contributed by atoms with Gasteiger partial charge in [-0.15, -0.1) is 0 Å². The van der Waals surface area contributed by atoms with Gasteiger partial charge in [-0.3, -0.25) is 20.3 Å². The van der Waals surface area contributed by atoms with Crippen LogP contribution >= 0.6 is 11.6 Å². The minimum atomic E-state index is -4.02. The highest BCUT2D eigenvalue weighted by atomic mass is 35.5. The lowest BCUT2D eigenvalue weighted by atomic mass is 9.49. The summed E-state index contributed by atoms with van der Waals surface area (Å²) in [6.45, 7) is 4.50. The Bertz CT molecular complexity index is 1220. The van der Waals surface area contributed by atoms with E-state index in [0.29, 0.717) is 22.5 Å². The summed E-state index contributed by atoms with van der Waals surface area (Å²) < 4.78 is 27.7. The Morgan fingerprint density at radius 1 is 1.22 bits per heavy atom. The number of nitrogens with zero attached hydrogens (tertiary/aromatic N) is 2. The van der Waals surface area contributed by atoms with Crippen molar-refractivity contribution >= 4 is 44.9 Å². The Kier molecular flexibility index (Phi) is 5.72. The number of nitro groups is 1. The highest BCUT2D eigenvalue weighted by molar-refractivity contribution is 7.92. The Balaban J connectivity index is 1.52. The molecular weight excluding hydrogens is 452 g/mol. The van der Waals surface area contributed by atoms with Gasteiger partial charge in [-0.1, -0.05) is 31.5 Å². The van der Waals surface area contributed by atoms with Gasteiger partial charge in [0.2, 0.25) is 0 Å². The van der Waals surface area contributed by atoms with E-state index in [-0.39, 0.29) is 21.7 Å². The third kappa shape index (κ3) is 4.22. The molecule has 3 aliphatic carbocycles. The molecule has 168 valence electrons. The third-order valence-electron chi connectivity index (χ3n) is 6.48. The maximum absolute atomic E-state index is 12.7. The van der Waals surface area contributed by atoms with Crippen LogP contribution in [-0.2, 0) is 10.0 Å². The van der Waals surface area contributed by atoms with Crippen LogP contribution in [0.15, 0.2) is 64.1 Å². The molecule has 5 rings (SSSR count). The SMILES string of the molecule is CC1(C)[C@H]2CC=C(/C=N/Nc3ccc(S(=O)(=O)Nc4ccc(Cl)cc4)cc3[N+](=O)[O-])[C@H]1C2. The summed E-state index contributed by atoms with van der Waals surface area (Å²) in [4.78, 5) is 10.7. The van der Waals surface area contributed by atoms with E-state index in [2.05, 4.69) is 35.2 Å². The lowest BCUT2D eigenvalue weighted by Gasteiger charge is -2.55. The van der Waals surface area contributed by atoms with Crippen LogP contribution in [0.3, 0.4) is 0 Å². The number of hydrogen-bond acceptors (Lipinski definition) is 6. The molecule has 3 aliphatic rings. The first kappa shape index (κ1) is 22.3. The highest BCUT2D eigenvalue weighted by Gasteiger charge is 2.50. The summed E-state index contributed by atoms with van der Waals surface area (Å²) in [6, 6.07) is 9.73. The second-order valence-electron chi connectivity index (χ2n) is 8.66. The molecule has 32 heavy (non-hydrogen) atoms. The number of benzene rings is 2. The van der Waals surface area contributed by atoms with Gasteiger partial charge in [0.05, 0.1) is 16.0 Å². The van der Waals surface area contributed by atoms with Crippen molar-refractivity contribution in [2.75, 3.05) is 10.1 Å². The normalized spacial score (nSPS) is 21.5. The first-order chi connectivity index (χ1) is 15.1. The lowest BCUT2D eigenvalue weighted by Crippen LogP contribution is -2.48. The maximum Gasteiger partial charge on any atom is 0.295 e. The minimum absolute atomic E-state index is 0.110. The van der Waals surface area contributed by atoms with Gasteiger partial charge < -0.3 is 0 Å². The van der Waals surface area contributed by atoms with Crippen molar-refractivity contribution in [3.63, 3.8) is 0 Å². The Morgan fingerprint density at radius 3 is 2.56 bits per heavy atom. The van der Waals surface area contributed by atoms with E-state index in [1.807, 2.05) is 0 Å². The molecule has 1 saturated carbocycles. The van der Waals surface area contributed by atoms with Gasteiger partial charge in [0.25, 0.3) is 15.7 Å². The third-order valence-corrected chi connectivity index (χ3v) is 8.11. The standard InChI is InChI=1S/C22H23ClN4O4S/c1-22(2)15-4-3-14(19(22)11-15)13-24-25-20-10-9-18(12-21(20)27(28)29)32(30,31)26-17-7-5-16(23)6-8-17/h3,5-10,12-13,15,19,25-26H,4,11H2,1-2H3/b24-13+/t15-,19+/m0/s1. The Labute approximate surface area is 191 Å². The smallest absolute Gasteiger partial charge is 0.280 e. The van der Waals surface area contributed by atoms with Crippen LogP contribution in [0.25, 0.3) is 0 Å². The number of nitrogens with one attached hydrogen (secondary N) is 2. The number of sulfonamides is 1. The fourth-order valence-corrected chi connectivity index (χ4v) is 5.58. The van der Waals surface area contributed by atoms with Gasteiger partial charge in [-0.25, -0.2) is 8.42 Å². The topological polar surface area (TPSA) is 114 Å².